The number of benzene rings is 2. The lowest BCUT2D eigenvalue weighted by Crippen LogP contribution is -2.03. The molecule has 3 heteroatoms. The zero-order chi connectivity index (χ0) is 13.3. The van der Waals surface area contributed by atoms with Crippen LogP contribution >= 0.6 is 0 Å². The van der Waals surface area contributed by atoms with Gasteiger partial charge in [0, 0.05) is 12.5 Å². The third kappa shape index (κ3) is 4.11. The minimum atomic E-state index is 0.485. The fraction of sp³-hybridized carbons (Fsp3) is 0.125. The van der Waals surface area contributed by atoms with Gasteiger partial charge in [-0.1, -0.05) is 48.5 Å². The summed E-state index contributed by atoms with van der Waals surface area (Å²) in [7, 11) is 0. The van der Waals surface area contributed by atoms with Crippen LogP contribution in [0.1, 0.15) is 11.1 Å². The van der Waals surface area contributed by atoms with Crippen molar-refractivity contribution in [2.45, 2.75) is 13.0 Å². The topological polar surface area (TPSA) is 38.3 Å². The van der Waals surface area contributed by atoms with Crippen molar-refractivity contribution in [3.63, 3.8) is 0 Å². The zero-order valence-electron chi connectivity index (χ0n) is 10.5. The Kier molecular flexibility index (Phi) is 4.94. The number of para-hydroxylation sites is 1. The van der Waals surface area contributed by atoms with Gasteiger partial charge in [0.2, 0.25) is 0 Å². The molecule has 2 aromatic carbocycles. The monoisotopic (exact) mass is 253 g/mol. The summed E-state index contributed by atoms with van der Waals surface area (Å²) in [5.41, 5.74) is 5.88. The molecule has 0 spiro atoms. The van der Waals surface area contributed by atoms with Crippen LogP contribution in [0.25, 0.3) is 0 Å². The minimum Gasteiger partial charge on any atom is -0.271 e. The number of carbonyl (C=O) groups excluding carboxylic acids is 1. The molecule has 0 saturated heterocycles. The molecule has 1 N–H and O–H groups in total. The van der Waals surface area contributed by atoms with E-state index >= 15 is 0 Å². The predicted octanol–water partition coefficient (Wildman–Crippen LogP) is 3.16. The maximum atomic E-state index is 10.3. The van der Waals surface area contributed by atoms with Crippen molar-refractivity contribution in [1.29, 1.82) is 0 Å². The smallest absolute Gasteiger partial charge is 0.120 e. The first-order chi connectivity index (χ1) is 9.40. The van der Waals surface area contributed by atoms with Gasteiger partial charge in [-0.15, -0.1) is 0 Å². The van der Waals surface area contributed by atoms with Gasteiger partial charge in [-0.05, 0) is 17.2 Å². The predicted molar refractivity (Wildman–Crippen MR) is 75.3 cm³/mol. The number of nitrogens with one attached hydrogen (secondary N) is 1. The van der Waals surface area contributed by atoms with Crippen LogP contribution in [0.2, 0.25) is 0 Å². The van der Waals surface area contributed by atoms with Crippen LogP contribution < -0.4 is 5.48 Å². The van der Waals surface area contributed by atoms with Crippen LogP contribution in [0.15, 0.2) is 60.7 Å². The summed E-state index contributed by atoms with van der Waals surface area (Å²) >= 11 is 0. The number of allylic oxidation sites excluding steroid dienone is 1. The molecule has 96 valence electrons. The molecule has 0 aliphatic carbocycles. The van der Waals surface area contributed by atoms with Crippen molar-refractivity contribution in [3.05, 3.63) is 71.8 Å². The first-order valence-electron chi connectivity index (χ1n) is 6.09. The summed E-state index contributed by atoms with van der Waals surface area (Å²) in [6.07, 6.45) is 2.00. The maximum Gasteiger partial charge on any atom is 0.120 e. The van der Waals surface area contributed by atoms with Crippen molar-refractivity contribution in [1.82, 2.24) is 0 Å². The van der Waals surface area contributed by atoms with E-state index in [4.69, 9.17) is 4.84 Å². The number of hydrogen-bond donors (Lipinski definition) is 1. The molecule has 0 aromatic heterocycles. The van der Waals surface area contributed by atoms with Gasteiger partial charge in [0.05, 0.1) is 12.3 Å². The fourth-order valence-corrected chi connectivity index (χ4v) is 1.72. The second kappa shape index (κ2) is 7.17. The molecule has 0 radical (unpaired) electrons. The Balaban J connectivity index is 1.94. The summed E-state index contributed by atoms with van der Waals surface area (Å²) in [6.45, 7) is 0.485. The van der Waals surface area contributed by atoms with E-state index in [0.717, 1.165) is 16.8 Å². The third-order valence-electron chi connectivity index (χ3n) is 2.69. The van der Waals surface area contributed by atoms with Crippen LogP contribution in [0.5, 0.6) is 0 Å². The SMILES string of the molecule is O=C=CCc1ccccc1NOCc1ccccc1. The molecule has 3 nitrogen and oxygen atoms in total. The largest absolute Gasteiger partial charge is 0.271 e. The third-order valence-corrected chi connectivity index (χ3v) is 2.69. The van der Waals surface area contributed by atoms with Crippen LogP contribution in [-0.2, 0) is 22.7 Å². The molecule has 2 aromatic rings. The van der Waals surface area contributed by atoms with E-state index in [1.54, 1.807) is 5.94 Å². The molecule has 2 rings (SSSR count). The second-order valence-corrected chi connectivity index (χ2v) is 4.06. The molecule has 0 unspecified atom stereocenters. The minimum absolute atomic E-state index is 0.485. The van der Waals surface area contributed by atoms with Crippen LogP contribution in [0.3, 0.4) is 0 Å². The Bertz CT molecular complexity index is 560. The van der Waals surface area contributed by atoms with Gasteiger partial charge >= 0.3 is 0 Å². The Morgan fingerprint density at radius 1 is 1.05 bits per heavy atom. The van der Waals surface area contributed by atoms with Gasteiger partial charge in [-0.2, -0.15) is 0 Å². The summed E-state index contributed by atoms with van der Waals surface area (Å²) in [5.74, 6) is 1.78. The van der Waals surface area contributed by atoms with Crippen LogP contribution in [-0.4, -0.2) is 5.94 Å². The van der Waals surface area contributed by atoms with Crippen LogP contribution in [0, 0.1) is 0 Å². The molecule has 0 atom stereocenters. The summed E-state index contributed by atoms with van der Waals surface area (Å²) in [4.78, 5) is 15.7. The lowest BCUT2D eigenvalue weighted by molar-refractivity contribution is 0.180. The van der Waals surface area contributed by atoms with Gasteiger partial charge < -0.3 is 0 Å². The quantitative estimate of drug-likeness (QED) is 0.635. The Hall–Kier alpha value is -2.35. The number of anilines is 1. The number of hydrogen-bond acceptors (Lipinski definition) is 3. The standard InChI is InChI=1S/C16H15NO2/c18-12-6-10-15-9-4-5-11-16(15)17-19-13-14-7-2-1-3-8-14/h1-9,11,17H,10,13H2. The lowest BCUT2D eigenvalue weighted by atomic mass is 10.1. The Morgan fingerprint density at radius 2 is 1.79 bits per heavy atom. The van der Waals surface area contributed by atoms with Gasteiger partial charge in [-0.3, -0.25) is 10.3 Å². The fourth-order valence-electron chi connectivity index (χ4n) is 1.72. The molecular formula is C16H15NO2. The van der Waals surface area contributed by atoms with E-state index in [9.17, 15) is 4.79 Å². The lowest BCUT2D eigenvalue weighted by Gasteiger charge is -2.10. The average molecular weight is 253 g/mol. The van der Waals surface area contributed by atoms with Gasteiger partial charge in [0.15, 0.2) is 0 Å². The number of rotatable bonds is 6. The van der Waals surface area contributed by atoms with Crippen molar-refractivity contribution < 1.29 is 9.63 Å². The average Bonchev–Trinajstić information content (AvgIpc) is 2.47. The highest BCUT2D eigenvalue weighted by Crippen LogP contribution is 2.16. The second-order valence-electron chi connectivity index (χ2n) is 4.06. The normalized spacial score (nSPS) is 9.68. The molecule has 0 fully saturated rings. The molecule has 0 amide bonds. The molecule has 0 aliphatic heterocycles. The zero-order valence-corrected chi connectivity index (χ0v) is 10.5. The van der Waals surface area contributed by atoms with E-state index in [1.807, 2.05) is 54.6 Å². The molecule has 19 heavy (non-hydrogen) atoms. The summed E-state index contributed by atoms with van der Waals surface area (Å²) in [5, 5.41) is 0. The van der Waals surface area contributed by atoms with E-state index in [0.29, 0.717) is 13.0 Å². The highest BCUT2D eigenvalue weighted by Gasteiger charge is 2.00. The molecule has 0 saturated carbocycles. The highest BCUT2D eigenvalue weighted by atomic mass is 16.6. The van der Waals surface area contributed by atoms with Crippen molar-refractivity contribution in [2.24, 2.45) is 0 Å². The van der Waals surface area contributed by atoms with E-state index in [-0.39, 0.29) is 0 Å². The van der Waals surface area contributed by atoms with Gasteiger partial charge in [-0.25, -0.2) is 4.79 Å². The van der Waals surface area contributed by atoms with Crippen molar-refractivity contribution >= 4 is 11.6 Å². The Morgan fingerprint density at radius 3 is 2.58 bits per heavy atom. The molecule has 0 heterocycles. The molecule has 0 aliphatic rings. The van der Waals surface area contributed by atoms with E-state index < -0.39 is 0 Å². The Labute approximate surface area is 112 Å². The van der Waals surface area contributed by atoms with Crippen LogP contribution in [0.4, 0.5) is 5.69 Å². The van der Waals surface area contributed by atoms with Gasteiger partial charge in [0.25, 0.3) is 0 Å². The molecular weight excluding hydrogens is 238 g/mol. The van der Waals surface area contributed by atoms with E-state index in [2.05, 4.69) is 5.48 Å². The summed E-state index contributed by atoms with van der Waals surface area (Å²) in [6, 6.07) is 17.6. The van der Waals surface area contributed by atoms with Crippen molar-refractivity contribution in [2.75, 3.05) is 5.48 Å². The first-order valence-corrected chi connectivity index (χ1v) is 6.09. The first kappa shape index (κ1) is 13.1. The molecule has 0 bridgehead atoms. The maximum absolute atomic E-state index is 10.3. The van der Waals surface area contributed by atoms with Gasteiger partial charge in [0.1, 0.15) is 5.94 Å². The highest BCUT2D eigenvalue weighted by molar-refractivity contribution is 5.53. The van der Waals surface area contributed by atoms with E-state index in [1.165, 1.54) is 6.08 Å². The van der Waals surface area contributed by atoms with Crippen molar-refractivity contribution in [3.8, 4) is 0 Å². The summed E-state index contributed by atoms with van der Waals surface area (Å²) < 4.78 is 0.